The van der Waals surface area contributed by atoms with Gasteiger partial charge in [-0.15, -0.1) is 0 Å². The topological polar surface area (TPSA) is 59.8 Å². The molecule has 1 atom stereocenters. The van der Waals surface area contributed by atoms with Gasteiger partial charge in [0.1, 0.15) is 17.9 Å². The first-order valence-electron chi connectivity index (χ1n) is 9.73. The summed E-state index contributed by atoms with van der Waals surface area (Å²) < 4.78 is 11.7. The molecule has 4 aromatic rings. The highest BCUT2D eigenvalue weighted by Gasteiger charge is 2.40. The number of fused-ring (bicyclic) bond motifs is 2. The van der Waals surface area contributed by atoms with E-state index in [1.165, 1.54) is 0 Å². The standard InChI is InChI=1S/C25H19NO4/c1-26-22(17-11-13-18(14-12-17)29-15-16-7-3-2-4-8-16)21-23(27)19-9-5-6-10-20(19)30-24(21)25(26)28/h2-14,22H,15H2,1H3/t22-/m0/s1. The summed E-state index contributed by atoms with van der Waals surface area (Å²) in [4.78, 5) is 27.5. The minimum absolute atomic E-state index is 0.121. The first-order chi connectivity index (χ1) is 14.6. The summed E-state index contributed by atoms with van der Waals surface area (Å²) >= 11 is 0. The molecule has 2 heterocycles. The molecule has 0 aliphatic carbocycles. The number of ether oxygens (including phenoxy) is 1. The molecule has 0 saturated carbocycles. The predicted molar refractivity (Wildman–Crippen MR) is 114 cm³/mol. The number of amides is 1. The number of benzene rings is 3. The number of carbonyl (C=O) groups excluding carboxylic acids is 1. The van der Waals surface area contributed by atoms with Crippen LogP contribution in [0.1, 0.15) is 33.3 Å². The monoisotopic (exact) mass is 397 g/mol. The van der Waals surface area contributed by atoms with Gasteiger partial charge in [0, 0.05) is 7.05 Å². The fourth-order valence-electron chi connectivity index (χ4n) is 3.91. The smallest absolute Gasteiger partial charge is 0.290 e. The van der Waals surface area contributed by atoms with E-state index in [0.29, 0.717) is 23.1 Å². The summed E-state index contributed by atoms with van der Waals surface area (Å²) in [5.74, 6) is 0.554. The van der Waals surface area contributed by atoms with Crippen LogP contribution in [0.25, 0.3) is 11.0 Å². The molecule has 148 valence electrons. The minimum atomic E-state index is -0.489. The van der Waals surface area contributed by atoms with Crippen molar-refractivity contribution in [2.24, 2.45) is 0 Å². The third-order valence-electron chi connectivity index (χ3n) is 5.45. The van der Waals surface area contributed by atoms with E-state index in [9.17, 15) is 9.59 Å². The zero-order chi connectivity index (χ0) is 20.7. The van der Waals surface area contributed by atoms with Gasteiger partial charge in [-0.2, -0.15) is 0 Å². The van der Waals surface area contributed by atoms with Crippen LogP contribution in [0.5, 0.6) is 5.75 Å². The number of nitrogens with zero attached hydrogens (tertiary/aromatic N) is 1. The molecule has 1 aliphatic heterocycles. The van der Waals surface area contributed by atoms with Crippen molar-refractivity contribution in [3.63, 3.8) is 0 Å². The van der Waals surface area contributed by atoms with Crippen molar-refractivity contribution < 1.29 is 13.9 Å². The van der Waals surface area contributed by atoms with Gasteiger partial charge in [0.2, 0.25) is 5.76 Å². The fraction of sp³-hybridized carbons (Fsp3) is 0.120. The molecular weight excluding hydrogens is 378 g/mol. The molecule has 1 aliphatic rings. The van der Waals surface area contributed by atoms with Gasteiger partial charge in [0.05, 0.1) is 17.0 Å². The molecule has 1 amide bonds. The number of rotatable bonds is 4. The quantitative estimate of drug-likeness (QED) is 0.507. The van der Waals surface area contributed by atoms with E-state index in [-0.39, 0.29) is 17.1 Å². The van der Waals surface area contributed by atoms with Gasteiger partial charge in [-0.3, -0.25) is 9.59 Å². The van der Waals surface area contributed by atoms with Crippen LogP contribution in [-0.4, -0.2) is 17.9 Å². The molecule has 0 unspecified atom stereocenters. The highest BCUT2D eigenvalue weighted by Crippen LogP contribution is 2.37. The Hall–Kier alpha value is -3.86. The van der Waals surface area contributed by atoms with Crippen LogP contribution < -0.4 is 10.2 Å². The minimum Gasteiger partial charge on any atom is -0.489 e. The summed E-state index contributed by atoms with van der Waals surface area (Å²) in [5.41, 5.74) is 2.56. The zero-order valence-electron chi connectivity index (χ0n) is 16.4. The molecule has 0 spiro atoms. The Balaban J connectivity index is 1.48. The van der Waals surface area contributed by atoms with Gasteiger partial charge in [-0.1, -0.05) is 54.6 Å². The Bertz CT molecular complexity index is 1290. The second-order valence-corrected chi connectivity index (χ2v) is 7.33. The summed E-state index contributed by atoms with van der Waals surface area (Å²) in [6, 6.07) is 23.9. The Morgan fingerprint density at radius 1 is 0.900 bits per heavy atom. The van der Waals surface area contributed by atoms with Crippen LogP contribution in [0.3, 0.4) is 0 Å². The van der Waals surface area contributed by atoms with Gasteiger partial charge < -0.3 is 14.1 Å². The molecule has 5 nitrogen and oxygen atoms in total. The Labute approximate surface area is 173 Å². The van der Waals surface area contributed by atoms with Crippen LogP contribution >= 0.6 is 0 Å². The normalized spacial score (nSPS) is 15.4. The summed E-state index contributed by atoms with van der Waals surface area (Å²) in [7, 11) is 1.69. The fourth-order valence-corrected chi connectivity index (χ4v) is 3.91. The van der Waals surface area contributed by atoms with Crippen LogP contribution in [0.4, 0.5) is 0 Å². The third kappa shape index (κ3) is 2.95. The van der Waals surface area contributed by atoms with E-state index >= 15 is 0 Å². The molecule has 0 N–H and O–H groups in total. The van der Waals surface area contributed by atoms with Crippen LogP contribution in [0, 0.1) is 0 Å². The van der Waals surface area contributed by atoms with Crippen molar-refractivity contribution in [2.45, 2.75) is 12.6 Å². The largest absolute Gasteiger partial charge is 0.489 e. The van der Waals surface area contributed by atoms with Crippen LogP contribution in [0.15, 0.2) is 88.1 Å². The molecule has 0 saturated heterocycles. The van der Waals surface area contributed by atoms with Gasteiger partial charge in [-0.25, -0.2) is 0 Å². The molecule has 0 fully saturated rings. The average Bonchev–Trinajstić information content (AvgIpc) is 3.04. The number of carbonyl (C=O) groups is 1. The van der Waals surface area contributed by atoms with Crippen molar-refractivity contribution in [1.29, 1.82) is 0 Å². The molecular formula is C25H19NO4. The number of hydrogen-bond donors (Lipinski definition) is 0. The lowest BCUT2D eigenvalue weighted by Crippen LogP contribution is -2.25. The first kappa shape index (κ1) is 18.2. The average molecular weight is 397 g/mol. The maximum atomic E-state index is 13.2. The third-order valence-corrected chi connectivity index (χ3v) is 5.45. The first-order valence-corrected chi connectivity index (χ1v) is 9.73. The Morgan fingerprint density at radius 3 is 2.37 bits per heavy atom. The molecule has 5 rings (SSSR count). The lowest BCUT2D eigenvalue weighted by molar-refractivity contribution is 0.0771. The summed E-state index contributed by atoms with van der Waals surface area (Å²) in [5, 5.41) is 0.479. The van der Waals surface area contributed by atoms with Gasteiger partial charge >= 0.3 is 0 Å². The van der Waals surface area contributed by atoms with E-state index in [1.807, 2.05) is 54.6 Å². The van der Waals surface area contributed by atoms with Crippen molar-refractivity contribution in [1.82, 2.24) is 4.90 Å². The molecule has 5 heteroatoms. The van der Waals surface area contributed by atoms with Gasteiger partial charge in [-0.05, 0) is 35.4 Å². The molecule has 3 aromatic carbocycles. The maximum Gasteiger partial charge on any atom is 0.290 e. The molecule has 0 bridgehead atoms. The second kappa shape index (κ2) is 7.19. The van der Waals surface area contributed by atoms with Crippen molar-refractivity contribution >= 4 is 16.9 Å². The number of hydrogen-bond acceptors (Lipinski definition) is 4. The van der Waals surface area contributed by atoms with Crippen LogP contribution in [-0.2, 0) is 6.61 Å². The van der Waals surface area contributed by atoms with E-state index in [0.717, 1.165) is 16.9 Å². The van der Waals surface area contributed by atoms with Gasteiger partial charge in [0.15, 0.2) is 5.43 Å². The number of para-hydroxylation sites is 1. The Kier molecular flexibility index (Phi) is 4.36. The Morgan fingerprint density at radius 2 is 1.60 bits per heavy atom. The van der Waals surface area contributed by atoms with E-state index in [1.54, 1.807) is 36.2 Å². The van der Waals surface area contributed by atoms with Crippen molar-refractivity contribution in [3.05, 3.63) is 112 Å². The zero-order valence-corrected chi connectivity index (χ0v) is 16.4. The van der Waals surface area contributed by atoms with E-state index in [4.69, 9.17) is 9.15 Å². The predicted octanol–water partition coefficient (Wildman–Crippen LogP) is 4.55. The molecule has 30 heavy (non-hydrogen) atoms. The van der Waals surface area contributed by atoms with E-state index in [2.05, 4.69) is 0 Å². The van der Waals surface area contributed by atoms with Gasteiger partial charge in [0.25, 0.3) is 5.91 Å². The van der Waals surface area contributed by atoms with Crippen molar-refractivity contribution in [2.75, 3.05) is 7.05 Å². The highest BCUT2D eigenvalue weighted by atomic mass is 16.5. The maximum absolute atomic E-state index is 13.2. The lowest BCUT2D eigenvalue weighted by atomic mass is 9.99. The van der Waals surface area contributed by atoms with E-state index < -0.39 is 6.04 Å². The van der Waals surface area contributed by atoms with Crippen molar-refractivity contribution in [3.8, 4) is 5.75 Å². The molecule has 0 radical (unpaired) electrons. The second-order valence-electron chi connectivity index (χ2n) is 7.33. The lowest BCUT2D eigenvalue weighted by Gasteiger charge is -2.20. The SMILES string of the molecule is CN1C(=O)c2oc3ccccc3c(=O)c2[C@@H]1c1ccc(OCc2ccccc2)cc1. The summed E-state index contributed by atoms with van der Waals surface area (Å²) in [6.45, 7) is 0.473. The summed E-state index contributed by atoms with van der Waals surface area (Å²) in [6.07, 6.45) is 0. The molecule has 1 aromatic heterocycles. The highest BCUT2D eigenvalue weighted by molar-refractivity contribution is 5.98. The van der Waals surface area contributed by atoms with Crippen LogP contribution in [0.2, 0.25) is 0 Å².